The van der Waals surface area contributed by atoms with Gasteiger partial charge in [-0.05, 0) is 70.0 Å². The molecule has 0 aliphatic rings. The lowest BCUT2D eigenvalue weighted by atomic mass is 10.0. The maximum atomic E-state index is 13.2. The number of benzene rings is 4. The van der Waals surface area contributed by atoms with E-state index in [1.165, 1.54) is 6.21 Å². The van der Waals surface area contributed by atoms with Gasteiger partial charge in [0.25, 0.3) is 5.91 Å². The van der Waals surface area contributed by atoms with E-state index in [1.54, 1.807) is 48.5 Å². The first-order valence-corrected chi connectivity index (χ1v) is 13.1. The Hall–Kier alpha value is -4.14. The van der Waals surface area contributed by atoms with Gasteiger partial charge in [0.15, 0.2) is 0 Å². The summed E-state index contributed by atoms with van der Waals surface area (Å²) in [6.45, 7) is 0. The lowest BCUT2D eigenvalue weighted by molar-refractivity contribution is 0.0733. The first-order chi connectivity index (χ1) is 18.5. The third-order valence-corrected chi connectivity index (χ3v) is 6.86. The standard InChI is InChI=1S/C30H19Br2N3O3/c31-21-14-12-20(13-15-21)28-17-25(23-8-2-4-11-27(23)34-28)29(36)35-33-18-19-6-5-7-22(16-19)38-30(37)24-9-1-3-10-26(24)32/h1-18H,(H,35,36). The average molecular weight is 629 g/mol. The summed E-state index contributed by atoms with van der Waals surface area (Å²) in [5.41, 5.74) is 6.42. The first kappa shape index (κ1) is 25.5. The van der Waals surface area contributed by atoms with Gasteiger partial charge in [-0.1, -0.05) is 70.5 Å². The van der Waals surface area contributed by atoms with Crippen LogP contribution in [-0.4, -0.2) is 23.1 Å². The monoisotopic (exact) mass is 627 g/mol. The second-order valence-corrected chi connectivity index (χ2v) is 9.99. The highest BCUT2D eigenvalue weighted by Crippen LogP contribution is 2.26. The average Bonchev–Trinajstić information content (AvgIpc) is 2.93. The van der Waals surface area contributed by atoms with Crippen molar-refractivity contribution in [2.45, 2.75) is 0 Å². The molecule has 0 saturated carbocycles. The van der Waals surface area contributed by atoms with Gasteiger partial charge in [-0.2, -0.15) is 5.10 Å². The number of esters is 1. The molecule has 4 aromatic carbocycles. The van der Waals surface area contributed by atoms with Crippen LogP contribution in [0.25, 0.3) is 22.2 Å². The van der Waals surface area contributed by atoms with Crippen molar-refractivity contribution < 1.29 is 14.3 Å². The second-order valence-electron chi connectivity index (χ2n) is 8.22. The Kier molecular flexibility index (Phi) is 7.72. The molecule has 0 atom stereocenters. The van der Waals surface area contributed by atoms with Crippen LogP contribution in [0.4, 0.5) is 0 Å². The highest BCUT2D eigenvalue weighted by molar-refractivity contribution is 9.10. The van der Waals surface area contributed by atoms with E-state index >= 15 is 0 Å². The van der Waals surface area contributed by atoms with Crippen molar-refractivity contribution >= 4 is 60.9 Å². The van der Waals surface area contributed by atoms with Crippen LogP contribution in [0.2, 0.25) is 0 Å². The van der Waals surface area contributed by atoms with Crippen LogP contribution in [-0.2, 0) is 0 Å². The third-order valence-electron chi connectivity index (χ3n) is 5.64. The highest BCUT2D eigenvalue weighted by atomic mass is 79.9. The fourth-order valence-electron chi connectivity index (χ4n) is 3.80. The number of aromatic nitrogens is 1. The molecule has 0 unspecified atom stereocenters. The molecule has 1 amide bonds. The fourth-order valence-corrected chi connectivity index (χ4v) is 4.52. The number of ether oxygens (including phenoxy) is 1. The van der Waals surface area contributed by atoms with E-state index in [9.17, 15) is 9.59 Å². The summed E-state index contributed by atoms with van der Waals surface area (Å²) in [5, 5.41) is 4.86. The number of hydrogen-bond donors (Lipinski definition) is 1. The molecule has 6 nitrogen and oxygen atoms in total. The molecule has 1 N–H and O–H groups in total. The van der Waals surface area contributed by atoms with Crippen LogP contribution < -0.4 is 10.2 Å². The Bertz CT molecular complexity index is 1680. The fraction of sp³-hybridized carbons (Fsp3) is 0. The maximum Gasteiger partial charge on any atom is 0.344 e. The maximum absolute atomic E-state index is 13.2. The molecule has 38 heavy (non-hydrogen) atoms. The molecule has 5 aromatic rings. The summed E-state index contributed by atoms with van der Waals surface area (Å²) in [6, 6.07) is 30.9. The third kappa shape index (κ3) is 5.88. The number of nitrogens with zero attached hydrogens (tertiary/aromatic N) is 2. The second kappa shape index (κ2) is 11.5. The Labute approximate surface area is 235 Å². The lowest BCUT2D eigenvalue weighted by Gasteiger charge is -2.09. The number of fused-ring (bicyclic) bond motifs is 1. The number of carbonyl (C=O) groups is 2. The zero-order valence-corrected chi connectivity index (χ0v) is 22.9. The first-order valence-electron chi connectivity index (χ1n) is 11.5. The van der Waals surface area contributed by atoms with Gasteiger partial charge in [-0.25, -0.2) is 15.2 Å². The summed E-state index contributed by atoms with van der Waals surface area (Å²) in [7, 11) is 0. The van der Waals surface area contributed by atoms with E-state index in [-0.39, 0.29) is 5.91 Å². The van der Waals surface area contributed by atoms with Crippen molar-refractivity contribution in [2.24, 2.45) is 5.10 Å². The largest absolute Gasteiger partial charge is 0.423 e. The summed E-state index contributed by atoms with van der Waals surface area (Å²) < 4.78 is 7.11. The predicted molar refractivity (Wildman–Crippen MR) is 155 cm³/mol. The molecular weight excluding hydrogens is 610 g/mol. The Morgan fingerprint density at radius 3 is 2.39 bits per heavy atom. The molecular formula is C30H19Br2N3O3. The van der Waals surface area contributed by atoms with E-state index in [4.69, 9.17) is 9.72 Å². The minimum atomic E-state index is -0.481. The predicted octanol–water partition coefficient (Wildman–Crippen LogP) is 7.41. The highest BCUT2D eigenvalue weighted by Gasteiger charge is 2.14. The van der Waals surface area contributed by atoms with Crippen LogP contribution in [0.1, 0.15) is 26.3 Å². The van der Waals surface area contributed by atoms with Crippen molar-refractivity contribution in [1.82, 2.24) is 10.4 Å². The van der Waals surface area contributed by atoms with Crippen molar-refractivity contribution in [2.75, 3.05) is 0 Å². The SMILES string of the molecule is O=C(Oc1cccc(C=NNC(=O)c2cc(-c3ccc(Br)cc3)nc3ccccc23)c1)c1ccccc1Br. The van der Waals surface area contributed by atoms with E-state index < -0.39 is 5.97 Å². The van der Waals surface area contributed by atoms with Crippen molar-refractivity contribution in [3.05, 3.63) is 129 Å². The Morgan fingerprint density at radius 1 is 0.816 bits per heavy atom. The van der Waals surface area contributed by atoms with E-state index in [1.807, 2.05) is 54.6 Å². The molecule has 0 fully saturated rings. The zero-order chi connectivity index (χ0) is 26.5. The summed E-state index contributed by atoms with van der Waals surface area (Å²) in [4.78, 5) is 30.4. The van der Waals surface area contributed by atoms with Gasteiger partial charge in [0.1, 0.15) is 5.75 Å². The van der Waals surface area contributed by atoms with Gasteiger partial charge in [-0.3, -0.25) is 4.79 Å². The quantitative estimate of drug-likeness (QED) is 0.0919. The number of para-hydroxylation sites is 1. The Morgan fingerprint density at radius 2 is 1.58 bits per heavy atom. The number of hydrazone groups is 1. The van der Waals surface area contributed by atoms with Gasteiger partial charge in [0, 0.05) is 19.9 Å². The molecule has 0 saturated heterocycles. The molecule has 5 rings (SSSR count). The molecule has 0 aliphatic carbocycles. The molecule has 0 radical (unpaired) electrons. The van der Waals surface area contributed by atoms with Crippen molar-refractivity contribution in [3.8, 4) is 17.0 Å². The molecule has 0 bridgehead atoms. The van der Waals surface area contributed by atoms with E-state index in [0.29, 0.717) is 38.1 Å². The summed E-state index contributed by atoms with van der Waals surface area (Å²) in [5.74, 6) is -0.485. The molecule has 0 aliphatic heterocycles. The van der Waals surface area contributed by atoms with Gasteiger partial charge in [0.2, 0.25) is 0 Å². The van der Waals surface area contributed by atoms with E-state index in [0.717, 1.165) is 15.4 Å². The Balaban J connectivity index is 1.34. The van der Waals surface area contributed by atoms with Gasteiger partial charge < -0.3 is 4.74 Å². The molecule has 0 spiro atoms. The zero-order valence-electron chi connectivity index (χ0n) is 19.8. The minimum Gasteiger partial charge on any atom is -0.423 e. The lowest BCUT2D eigenvalue weighted by Crippen LogP contribution is -2.18. The number of carbonyl (C=O) groups excluding carboxylic acids is 2. The van der Waals surface area contributed by atoms with Crippen LogP contribution in [0.3, 0.4) is 0 Å². The molecule has 8 heteroatoms. The number of pyridine rings is 1. The van der Waals surface area contributed by atoms with Gasteiger partial charge >= 0.3 is 5.97 Å². The van der Waals surface area contributed by atoms with Crippen molar-refractivity contribution in [1.29, 1.82) is 0 Å². The van der Waals surface area contributed by atoms with Crippen LogP contribution >= 0.6 is 31.9 Å². The molecule has 1 heterocycles. The molecule has 1 aromatic heterocycles. The molecule has 186 valence electrons. The topological polar surface area (TPSA) is 80.6 Å². The van der Waals surface area contributed by atoms with Crippen LogP contribution in [0, 0.1) is 0 Å². The number of nitrogens with one attached hydrogen (secondary N) is 1. The number of rotatable bonds is 6. The normalized spacial score (nSPS) is 11.0. The minimum absolute atomic E-state index is 0.361. The summed E-state index contributed by atoms with van der Waals surface area (Å²) >= 11 is 6.80. The summed E-state index contributed by atoms with van der Waals surface area (Å²) in [6.07, 6.45) is 1.49. The van der Waals surface area contributed by atoms with Crippen LogP contribution in [0.5, 0.6) is 5.75 Å². The van der Waals surface area contributed by atoms with Gasteiger partial charge in [-0.15, -0.1) is 0 Å². The van der Waals surface area contributed by atoms with Crippen molar-refractivity contribution in [3.63, 3.8) is 0 Å². The van der Waals surface area contributed by atoms with Crippen LogP contribution in [0.15, 0.2) is 117 Å². The number of amides is 1. The van der Waals surface area contributed by atoms with Gasteiger partial charge in [0.05, 0.1) is 28.6 Å². The number of halogens is 2. The smallest absolute Gasteiger partial charge is 0.344 e. The van der Waals surface area contributed by atoms with E-state index in [2.05, 4.69) is 42.4 Å². The number of hydrogen-bond acceptors (Lipinski definition) is 5.